The van der Waals surface area contributed by atoms with Crippen LogP contribution in [0.15, 0.2) is 67.0 Å². The molecular weight excluding hydrogens is 330 g/mol. The Morgan fingerprint density at radius 1 is 1.15 bits per heavy atom. The van der Waals surface area contributed by atoms with Gasteiger partial charge in [0.1, 0.15) is 0 Å². The van der Waals surface area contributed by atoms with Gasteiger partial charge in [-0.3, -0.25) is 4.79 Å². The van der Waals surface area contributed by atoms with Gasteiger partial charge in [-0.15, -0.1) is 0 Å². The fourth-order valence-electron chi connectivity index (χ4n) is 2.62. The molecule has 26 heavy (non-hydrogen) atoms. The Hall–Kier alpha value is -3.54. The normalized spacial score (nSPS) is 12.5. The lowest BCUT2D eigenvalue weighted by atomic mass is 10.2. The zero-order valence-electron chi connectivity index (χ0n) is 14.0. The summed E-state index contributed by atoms with van der Waals surface area (Å²) in [5, 5.41) is 7.15. The van der Waals surface area contributed by atoms with E-state index in [1.54, 1.807) is 17.0 Å². The highest BCUT2D eigenvalue weighted by atomic mass is 16.7. The largest absolute Gasteiger partial charge is 0.454 e. The molecule has 0 fully saturated rings. The fourth-order valence-corrected chi connectivity index (χ4v) is 2.62. The number of ether oxygens (including phenoxy) is 2. The highest BCUT2D eigenvalue weighted by Crippen LogP contribution is 2.32. The van der Waals surface area contributed by atoms with Gasteiger partial charge in [-0.2, -0.15) is 5.10 Å². The Bertz CT molecular complexity index is 948. The van der Waals surface area contributed by atoms with Gasteiger partial charge in [0.05, 0.1) is 11.9 Å². The molecule has 1 N–H and O–H groups in total. The van der Waals surface area contributed by atoms with E-state index in [0.717, 1.165) is 22.6 Å². The average Bonchev–Trinajstić information content (AvgIpc) is 3.34. The van der Waals surface area contributed by atoms with Crippen LogP contribution in [0.4, 0.5) is 0 Å². The van der Waals surface area contributed by atoms with Crippen molar-refractivity contribution in [3.8, 4) is 17.2 Å². The maximum absolute atomic E-state index is 12.0. The molecule has 0 spiro atoms. The molecule has 6 nitrogen and oxygen atoms in total. The van der Waals surface area contributed by atoms with Gasteiger partial charge in [0, 0.05) is 24.4 Å². The lowest BCUT2D eigenvalue weighted by Gasteiger charge is -2.03. The van der Waals surface area contributed by atoms with E-state index >= 15 is 0 Å². The number of aromatic nitrogens is 2. The lowest BCUT2D eigenvalue weighted by molar-refractivity contribution is -0.116. The Balaban J connectivity index is 1.34. The molecule has 1 aliphatic heterocycles. The summed E-state index contributed by atoms with van der Waals surface area (Å²) < 4.78 is 12.4. The molecule has 3 aromatic rings. The molecule has 4 rings (SSSR count). The van der Waals surface area contributed by atoms with Crippen LogP contribution in [0.2, 0.25) is 0 Å². The van der Waals surface area contributed by atoms with Crippen LogP contribution >= 0.6 is 0 Å². The highest BCUT2D eigenvalue weighted by molar-refractivity contribution is 5.91. The second-order valence-electron chi connectivity index (χ2n) is 5.79. The Kier molecular flexibility index (Phi) is 4.38. The van der Waals surface area contributed by atoms with Gasteiger partial charge in [0.2, 0.25) is 12.7 Å². The molecule has 0 aliphatic carbocycles. The summed E-state index contributed by atoms with van der Waals surface area (Å²) in [6.07, 6.45) is 6.83. The molecule has 2 aromatic carbocycles. The molecule has 1 amide bonds. The SMILES string of the molecule is O=C(/C=C\c1cnn(-c2ccccc2)c1)NCc1ccc2c(c1)OCO2. The lowest BCUT2D eigenvalue weighted by Crippen LogP contribution is -2.20. The van der Waals surface area contributed by atoms with Crippen molar-refractivity contribution in [3.05, 3.63) is 78.1 Å². The summed E-state index contributed by atoms with van der Waals surface area (Å²) in [6.45, 7) is 0.660. The van der Waals surface area contributed by atoms with E-state index in [1.807, 2.05) is 54.7 Å². The van der Waals surface area contributed by atoms with E-state index in [-0.39, 0.29) is 12.7 Å². The van der Waals surface area contributed by atoms with Crippen molar-refractivity contribution in [2.45, 2.75) is 6.54 Å². The van der Waals surface area contributed by atoms with Gasteiger partial charge < -0.3 is 14.8 Å². The van der Waals surface area contributed by atoms with Crippen LogP contribution < -0.4 is 14.8 Å². The summed E-state index contributed by atoms with van der Waals surface area (Å²) >= 11 is 0. The first-order chi connectivity index (χ1) is 12.8. The summed E-state index contributed by atoms with van der Waals surface area (Å²) in [6, 6.07) is 15.4. The molecule has 1 aromatic heterocycles. The van der Waals surface area contributed by atoms with Gasteiger partial charge >= 0.3 is 0 Å². The van der Waals surface area contributed by atoms with E-state index in [1.165, 1.54) is 6.08 Å². The fraction of sp³-hybridized carbons (Fsp3) is 0.100. The number of rotatable bonds is 5. The van der Waals surface area contributed by atoms with Crippen LogP contribution in [0.25, 0.3) is 11.8 Å². The van der Waals surface area contributed by atoms with Crippen molar-refractivity contribution in [3.63, 3.8) is 0 Å². The van der Waals surface area contributed by atoms with Crippen molar-refractivity contribution in [1.82, 2.24) is 15.1 Å². The van der Waals surface area contributed by atoms with Gasteiger partial charge in [-0.1, -0.05) is 24.3 Å². The topological polar surface area (TPSA) is 65.4 Å². The van der Waals surface area contributed by atoms with Gasteiger partial charge in [-0.05, 0) is 35.9 Å². The van der Waals surface area contributed by atoms with E-state index < -0.39 is 0 Å². The predicted molar refractivity (Wildman–Crippen MR) is 97.0 cm³/mol. The first-order valence-electron chi connectivity index (χ1n) is 8.22. The van der Waals surface area contributed by atoms with E-state index in [4.69, 9.17) is 9.47 Å². The second-order valence-corrected chi connectivity index (χ2v) is 5.79. The zero-order valence-corrected chi connectivity index (χ0v) is 14.0. The molecule has 2 heterocycles. The maximum atomic E-state index is 12.0. The number of amides is 1. The first-order valence-corrected chi connectivity index (χ1v) is 8.22. The summed E-state index contributed by atoms with van der Waals surface area (Å²) in [5.74, 6) is 1.27. The van der Waals surface area contributed by atoms with Crippen LogP contribution in [0, 0.1) is 0 Å². The molecule has 0 atom stereocenters. The van der Waals surface area contributed by atoms with Gasteiger partial charge in [0.15, 0.2) is 11.5 Å². The Morgan fingerprint density at radius 3 is 2.88 bits per heavy atom. The van der Waals surface area contributed by atoms with Crippen molar-refractivity contribution >= 4 is 12.0 Å². The second kappa shape index (κ2) is 7.14. The molecule has 1 aliphatic rings. The van der Waals surface area contributed by atoms with Crippen LogP contribution in [-0.2, 0) is 11.3 Å². The molecule has 0 saturated carbocycles. The van der Waals surface area contributed by atoms with Crippen LogP contribution in [0.1, 0.15) is 11.1 Å². The number of carbonyl (C=O) groups excluding carboxylic acids is 1. The van der Waals surface area contributed by atoms with Crippen LogP contribution in [0.3, 0.4) is 0 Å². The standard InChI is InChI=1S/C20H17N3O3/c24-20(21-11-15-6-8-18-19(10-15)26-14-25-18)9-7-16-12-22-23(13-16)17-4-2-1-3-5-17/h1-10,12-13H,11,14H2,(H,21,24)/b9-7-. The number of nitrogens with zero attached hydrogens (tertiary/aromatic N) is 2. The van der Waals surface area contributed by atoms with Crippen molar-refractivity contribution in [1.29, 1.82) is 0 Å². The monoisotopic (exact) mass is 347 g/mol. The molecule has 0 saturated heterocycles. The third-order valence-electron chi connectivity index (χ3n) is 3.95. The summed E-state index contributed by atoms with van der Waals surface area (Å²) in [4.78, 5) is 12.0. The maximum Gasteiger partial charge on any atom is 0.244 e. The average molecular weight is 347 g/mol. The molecule has 0 bridgehead atoms. The number of fused-ring (bicyclic) bond motifs is 1. The van der Waals surface area contributed by atoms with E-state index in [2.05, 4.69) is 10.4 Å². The quantitative estimate of drug-likeness (QED) is 0.721. The molecule has 130 valence electrons. The number of carbonyl (C=O) groups is 1. The smallest absolute Gasteiger partial charge is 0.244 e. The molecule has 6 heteroatoms. The number of hydrogen-bond acceptors (Lipinski definition) is 4. The number of hydrogen-bond donors (Lipinski definition) is 1. The van der Waals surface area contributed by atoms with Crippen LogP contribution in [-0.4, -0.2) is 22.5 Å². The predicted octanol–water partition coefficient (Wildman–Crippen LogP) is 2.93. The number of nitrogens with one attached hydrogen (secondary N) is 1. The van der Waals surface area contributed by atoms with Crippen molar-refractivity contribution < 1.29 is 14.3 Å². The minimum atomic E-state index is -0.171. The van der Waals surface area contributed by atoms with E-state index in [0.29, 0.717) is 12.3 Å². The first kappa shape index (κ1) is 16.0. The van der Waals surface area contributed by atoms with Crippen molar-refractivity contribution in [2.24, 2.45) is 0 Å². The number of benzene rings is 2. The Morgan fingerprint density at radius 2 is 2.00 bits per heavy atom. The minimum absolute atomic E-state index is 0.171. The van der Waals surface area contributed by atoms with Crippen molar-refractivity contribution in [2.75, 3.05) is 6.79 Å². The molecular formula is C20H17N3O3. The van der Waals surface area contributed by atoms with Gasteiger partial charge in [0.25, 0.3) is 0 Å². The van der Waals surface area contributed by atoms with Gasteiger partial charge in [-0.25, -0.2) is 4.68 Å². The third-order valence-corrected chi connectivity index (χ3v) is 3.95. The molecule has 0 unspecified atom stereocenters. The minimum Gasteiger partial charge on any atom is -0.454 e. The molecule has 0 radical (unpaired) electrons. The van der Waals surface area contributed by atoms with Crippen LogP contribution in [0.5, 0.6) is 11.5 Å². The zero-order chi connectivity index (χ0) is 17.8. The number of para-hydroxylation sites is 1. The summed E-state index contributed by atoms with van der Waals surface area (Å²) in [7, 11) is 0. The highest BCUT2D eigenvalue weighted by Gasteiger charge is 2.13. The summed E-state index contributed by atoms with van der Waals surface area (Å²) in [5.41, 5.74) is 2.78. The van der Waals surface area contributed by atoms with E-state index in [9.17, 15) is 4.79 Å². The Labute approximate surface area is 150 Å². The third kappa shape index (κ3) is 3.59.